The number of carbonyl (C=O) groups excluding carboxylic acids is 1. The highest BCUT2D eigenvalue weighted by Crippen LogP contribution is 2.30. The Morgan fingerprint density at radius 2 is 1.90 bits per heavy atom. The lowest BCUT2D eigenvalue weighted by Crippen LogP contribution is -2.35. The quantitative estimate of drug-likeness (QED) is 0.678. The van der Waals surface area contributed by atoms with Gasteiger partial charge >= 0.3 is 0 Å². The van der Waals surface area contributed by atoms with E-state index in [0.717, 1.165) is 42.5 Å². The molecule has 3 rings (SSSR count). The zero-order valence-corrected chi connectivity index (χ0v) is 18.9. The number of hydrogen-bond acceptors (Lipinski definition) is 4. The molecule has 0 spiro atoms. The number of rotatable bonds is 7. The number of nitrogens with zero attached hydrogens (tertiary/aromatic N) is 1. The molecule has 0 atom stereocenters. The number of nitrogens with one attached hydrogen (secondary N) is 1. The third-order valence-electron chi connectivity index (χ3n) is 5.22. The number of aryl methyl sites for hydroxylation is 2. The van der Waals surface area contributed by atoms with Crippen molar-refractivity contribution in [1.82, 2.24) is 4.31 Å². The second-order valence-electron chi connectivity index (χ2n) is 7.36. The zero-order chi connectivity index (χ0) is 21.7. The topological polar surface area (TPSA) is 75.7 Å². The van der Waals surface area contributed by atoms with E-state index in [9.17, 15) is 13.2 Å². The van der Waals surface area contributed by atoms with Crippen molar-refractivity contribution in [2.24, 2.45) is 0 Å². The van der Waals surface area contributed by atoms with E-state index in [1.54, 1.807) is 0 Å². The zero-order valence-electron chi connectivity index (χ0n) is 17.3. The molecule has 1 aliphatic rings. The molecule has 0 unspecified atom stereocenters. The third-order valence-corrected chi connectivity index (χ3v) is 7.41. The van der Waals surface area contributed by atoms with E-state index in [0.29, 0.717) is 13.1 Å². The molecular weight excluding hydrogens is 424 g/mol. The minimum Gasteiger partial charge on any atom is -0.482 e. The second-order valence-corrected chi connectivity index (χ2v) is 9.70. The van der Waals surface area contributed by atoms with E-state index in [1.165, 1.54) is 22.5 Å². The van der Waals surface area contributed by atoms with Crippen LogP contribution >= 0.6 is 11.6 Å². The maximum absolute atomic E-state index is 12.8. The number of ether oxygens (including phenoxy) is 1. The van der Waals surface area contributed by atoms with Crippen LogP contribution in [0.5, 0.6) is 5.75 Å². The molecule has 30 heavy (non-hydrogen) atoms. The van der Waals surface area contributed by atoms with Gasteiger partial charge in [0.15, 0.2) is 6.61 Å². The molecule has 162 valence electrons. The first-order valence-electron chi connectivity index (χ1n) is 10.1. The summed E-state index contributed by atoms with van der Waals surface area (Å²) < 4.78 is 32.6. The fraction of sp³-hybridized carbons (Fsp3) is 0.409. The lowest BCUT2D eigenvalue weighted by Gasteiger charge is -2.26. The predicted molar refractivity (Wildman–Crippen MR) is 119 cm³/mol. The van der Waals surface area contributed by atoms with Crippen LogP contribution in [-0.4, -0.2) is 38.3 Å². The van der Waals surface area contributed by atoms with Crippen LogP contribution in [0, 0.1) is 6.92 Å². The van der Waals surface area contributed by atoms with E-state index >= 15 is 0 Å². The van der Waals surface area contributed by atoms with E-state index < -0.39 is 10.0 Å². The summed E-state index contributed by atoms with van der Waals surface area (Å²) in [5.41, 5.74) is 2.82. The molecule has 0 saturated carbocycles. The number of amides is 1. The van der Waals surface area contributed by atoms with Crippen molar-refractivity contribution in [3.05, 3.63) is 52.5 Å². The largest absolute Gasteiger partial charge is 0.482 e. The van der Waals surface area contributed by atoms with Crippen LogP contribution in [0.15, 0.2) is 41.3 Å². The predicted octanol–water partition coefficient (Wildman–Crippen LogP) is 4.40. The van der Waals surface area contributed by atoms with Crippen LogP contribution in [0.4, 0.5) is 5.69 Å². The Morgan fingerprint density at radius 1 is 1.17 bits per heavy atom. The van der Waals surface area contributed by atoms with E-state index in [1.807, 2.05) is 32.0 Å². The average Bonchev–Trinajstić information content (AvgIpc) is 2.74. The van der Waals surface area contributed by atoms with Crippen molar-refractivity contribution in [2.75, 3.05) is 25.0 Å². The molecule has 2 aromatic carbocycles. The number of piperidine rings is 1. The number of carbonyl (C=O) groups is 1. The highest BCUT2D eigenvalue weighted by atomic mass is 35.5. The molecule has 1 saturated heterocycles. The van der Waals surface area contributed by atoms with Crippen molar-refractivity contribution >= 4 is 33.2 Å². The van der Waals surface area contributed by atoms with Gasteiger partial charge in [-0.25, -0.2) is 8.42 Å². The van der Waals surface area contributed by atoms with Gasteiger partial charge in [0.25, 0.3) is 5.91 Å². The van der Waals surface area contributed by atoms with E-state index in [2.05, 4.69) is 5.32 Å². The molecule has 6 nitrogen and oxygen atoms in total. The van der Waals surface area contributed by atoms with Crippen molar-refractivity contribution in [1.29, 1.82) is 0 Å². The number of hydrogen-bond donors (Lipinski definition) is 1. The second kappa shape index (κ2) is 9.81. The van der Waals surface area contributed by atoms with Gasteiger partial charge in [-0.05, 0) is 55.5 Å². The van der Waals surface area contributed by atoms with E-state index in [4.69, 9.17) is 16.3 Å². The molecule has 0 aromatic heterocycles. The average molecular weight is 451 g/mol. The van der Waals surface area contributed by atoms with Gasteiger partial charge in [0, 0.05) is 18.8 Å². The summed E-state index contributed by atoms with van der Waals surface area (Å²) in [7, 11) is -3.57. The van der Waals surface area contributed by atoms with Gasteiger partial charge in [0.05, 0.1) is 9.92 Å². The van der Waals surface area contributed by atoms with Crippen LogP contribution in [0.2, 0.25) is 5.02 Å². The van der Waals surface area contributed by atoms with Gasteiger partial charge in [-0.3, -0.25) is 4.79 Å². The monoisotopic (exact) mass is 450 g/mol. The summed E-state index contributed by atoms with van der Waals surface area (Å²) in [5, 5.41) is 3.05. The van der Waals surface area contributed by atoms with Crippen molar-refractivity contribution in [3.63, 3.8) is 0 Å². The highest BCUT2D eigenvalue weighted by Gasteiger charge is 2.26. The molecule has 1 amide bonds. The molecular formula is C22H27ClN2O4S. The van der Waals surface area contributed by atoms with Gasteiger partial charge in [0.2, 0.25) is 10.0 Å². The maximum Gasteiger partial charge on any atom is 0.262 e. The number of anilines is 1. The summed E-state index contributed by atoms with van der Waals surface area (Å²) in [6, 6.07) is 10.2. The van der Waals surface area contributed by atoms with Crippen LogP contribution in [-0.2, 0) is 21.2 Å². The first-order valence-corrected chi connectivity index (χ1v) is 12.0. The molecule has 0 bridgehead atoms. The normalized spacial score (nSPS) is 15.0. The van der Waals surface area contributed by atoms with Gasteiger partial charge in [-0.2, -0.15) is 4.31 Å². The van der Waals surface area contributed by atoms with Crippen molar-refractivity contribution < 1.29 is 17.9 Å². The lowest BCUT2D eigenvalue weighted by atomic mass is 10.1. The van der Waals surface area contributed by atoms with Crippen LogP contribution in [0.25, 0.3) is 0 Å². The Balaban J connectivity index is 1.66. The SMILES string of the molecule is CCc1cccc(C)c1NC(=O)COc1ccc(S(=O)(=O)N2CCCCC2)cc1Cl. The first kappa shape index (κ1) is 22.6. The van der Waals surface area contributed by atoms with Gasteiger partial charge in [0.1, 0.15) is 5.75 Å². The summed E-state index contributed by atoms with van der Waals surface area (Å²) in [6.45, 7) is 4.79. The molecule has 8 heteroatoms. The summed E-state index contributed by atoms with van der Waals surface area (Å²) in [6.07, 6.45) is 3.58. The van der Waals surface area contributed by atoms with Gasteiger partial charge < -0.3 is 10.1 Å². The molecule has 1 aliphatic heterocycles. The first-order chi connectivity index (χ1) is 14.3. The van der Waals surface area contributed by atoms with Crippen molar-refractivity contribution in [3.8, 4) is 5.75 Å². The number of sulfonamides is 1. The third kappa shape index (κ3) is 5.14. The fourth-order valence-electron chi connectivity index (χ4n) is 3.53. The Bertz CT molecular complexity index is 1020. The summed E-state index contributed by atoms with van der Waals surface area (Å²) >= 11 is 6.25. The summed E-state index contributed by atoms with van der Waals surface area (Å²) in [5.74, 6) is -0.0370. The minimum absolute atomic E-state index is 0.138. The smallest absolute Gasteiger partial charge is 0.262 e. The highest BCUT2D eigenvalue weighted by molar-refractivity contribution is 7.89. The number of halogens is 1. The lowest BCUT2D eigenvalue weighted by molar-refractivity contribution is -0.118. The van der Waals surface area contributed by atoms with Gasteiger partial charge in [-0.15, -0.1) is 0 Å². The number of benzene rings is 2. The Labute approximate surface area is 183 Å². The molecule has 0 radical (unpaired) electrons. The maximum atomic E-state index is 12.8. The van der Waals surface area contributed by atoms with Crippen LogP contribution < -0.4 is 10.1 Å². The summed E-state index contributed by atoms with van der Waals surface area (Å²) in [4.78, 5) is 12.5. The Morgan fingerprint density at radius 3 is 2.57 bits per heavy atom. The van der Waals surface area contributed by atoms with Gasteiger partial charge in [-0.1, -0.05) is 43.1 Å². The fourth-order valence-corrected chi connectivity index (χ4v) is 5.38. The molecule has 1 N–H and O–H groups in total. The standard InChI is InChI=1S/C22H27ClN2O4S/c1-3-17-9-7-8-16(2)22(17)24-21(26)15-29-20-11-10-18(14-19(20)23)30(27,28)25-12-5-4-6-13-25/h7-11,14H,3-6,12-13,15H2,1-2H3,(H,24,26). The Hall–Kier alpha value is -2.09. The van der Waals surface area contributed by atoms with Crippen LogP contribution in [0.3, 0.4) is 0 Å². The molecule has 0 aliphatic carbocycles. The number of para-hydroxylation sites is 1. The van der Waals surface area contributed by atoms with Crippen LogP contribution in [0.1, 0.15) is 37.3 Å². The Kier molecular flexibility index (Phi) is 7.39. The minimum atomic E-state index is -3.57. The molecule has 1 heterocycles. The molecule has 2 aromatic rings. The van der Waals surface area contributed by atoms with E-state index in [-0.39, 0.29) is 28.2 Å². The molecule has 1 fully saturated rings. The van der Waals surface area contributed by atoms with Crippen molar-refractivity contribution in [2.45, 2.75) is 44.4 Å².